The highest BCUT2D eigenvalue weighted by Crippen LogP contribution is 2.47. The van der Waals surface area contributed by atoms with Gasteiger partial charge in [-0.1, -0.05) is 0 Å². The third kappa shape index (κ3) is 2.72. The van der Waals surface area contributed by atoms with E-state index in [1.165, 1.54) is 0 Å². The molecule has 1 aromatic rings. The molecule has 0 radical (unpaired) electrons. The predicted octanol–water partition coefficient (Wildman–Crippen LogP) is 3.02. The Labute approximate surface area is 140 Å². The van der Waals surface area contributed by atoms with Crippen molar-refractivity contribution in [1.82, 2.24) is 5.32 Å². The van der Waals surface area contributed by atoms with Crippen molar-refractivity contribution in [2.45, 2.75) is 56.9 Å². The van der Waals surface area contributed by atoms with E-state index in [-0.39, 0.29) is 18.1 Å². The molecule has 6 heteroatoms. The molecule has 1 saturated heterocycles. The van der Waals surface area contributed by atoms with Crippen molar-refractivity contribution in [2.75, 3.05) is 13.2 Å². The van der Waals surface area contributed by atoms with Crippen LogP contribution in [0, 0.1) is 6.92 Å². The van der Waals surface area contributed by atoms with Crippen LogP contribution in [0.25, 0.3) is 0 Å². The number of amides is 1. The molecule has 2 aliphatic heterocycles. The third-order valence-corrected chi connectivity index (χ3v) is 6.18. The lowest BCUT2D eigenvalue weighted by Crippen LogP contribution is -2.31. The monoisotopic (exact) mass is 334 g/mol. The SMILES string of the molecule is CC1=NC2c3c(oc(C(=O)NCC4CCCO4)c3C)CCC2S1. The van der Waals surface area contributed by atoms with Gasteiger partial charge < -0.3 is 14.5 Å². The normalized spacial score (nSPS) is 29.1. The molecule has 1 aliphatic carbocycles. The molecule has 3 heterocycles. The summed E-state index contributed by atoms with van der Waals surface area (Å²) in [4.78, 5) is 17.3. The highest BCUT2D eigenvalue weighted by Gasteiger charge is 2.39. The minimum Gasteiger partial charge on any atom is -0.455 e. The number of carbonyl (C=O) groups is 1. The number of fused-ring (bicyclic) bond motifs is 3. The first-order valence-electron chi connectivity index (χ1n) is 8.36. The second kappa shape index (κ2) is 5.98. The molecule has 3 aliphatic rings. The number of aryl methyl sites for hydroxylation is 1. The molecule has 1 N–H and O–H groups in total. The Bertz CT molecular complexity index is 661. The zero-order valence-electron chi connectivity index (χ0n) is 13.6. The van der Waals surface area contributed by atoms with E-state index in [4.69, 9.17) is 14.1 Å². The lowest BCUT2D eigenvalue weighted by molar-refractivity contribution is 0.0833. The molecule has 0 saturated carbocycles. The molecule has 23 heavy (non-hydrogen) atoms. The van der Waals surface area contributed by atoms with Gasteiger partial charge in [-0.3, -0.25) is 9.79 Å². The molecule has 3 atom stereocenters. The summed E-state index contributed by atoms with van der Waals surface area (Å²) in [7, 11) is 0. The molecular formula is C17H22N2O3S. The zero-order chi connectivity index (χ0) is 16.0. The Morgan fingerprint density at radius 3 is 3.04 bits per heavy atom. The first-order chi connectivity index (χ1) is 11.1. The molecule has 0 bridgehead atoms. The minimum atomic E-state index is -0.129. The number of carbonyl (C=O) groups excluding carboxylic acids is 1. The number of hydrogen-bond acceptors (Lipinski definition) is 5. The largest absolute Gasteiger partial charge is 0.455 e. The predicted molar refractivity (Wildman–Crippen MR) is 90.3 cm³/mol. The first-order valence-corrected chi connectivity index (χ1v) is 9.24. The average molecular weight is 334 g/mol. The van der Waals surface area contributed by atoms with Crippen LogP contribution >= 0.6 is 11.8 Å². The van der Waals surface area contributed by atoms with Crippen LogP contribution < -0.4 is 5.32 Å². The van der Waals surface area contributed by atoms with Gasteiger partial charge in [-0.2, -0.15) is 0 Å². The molecular weight excluding hydrogens is 312 g/mol. The fourth-order valence-electron chi connectivity index (χ4n) is 3.80. The lowest BCUT2D eigenvalue weighted by Gasteiger charge is -2.22. The van der Waals surface area contributed by atoms with Gasteiger partial charge in [0, 0.05) is 35.9 Å². The van der Waals surface area contributed by atoms with Gasteiger partial charge in [0.2, 0.25) is 0 Å². The summed E-state index contributed by atoms with van der Waals surface area (Å²) in [5, 5.41) is 4.60. The van der Waals surface area contributed by atoms with E-state index in [0.717, 1.165) is 54.2 Å². The maximum atomic E-state index is 12.5. The van der Waals surface area contributed by atoms with Crippen molar-refractivity contribution in [3.05, 3.63) is 22.6 Å². The number of aliphatic imine (C=N–C) groups is 1. The average Bonchev–Trinajstić information content (AvgIpc) is 3.23. The summed E-state index contributed by atoms with van der Waals surface area (Å²) in [6.45, 7) is 5.41. The number of hydrogen-bond donors (Lipinski definition) is 1. The maximum Gasteiger partial charge on any atom is 0.287 e. The van der Waals surface area contributed by atoms with Gasteiger partial charge >= 0.3 is 0 Å². The van der Waals surface area contributed by atoms with E-state index in [0.29, 0.717) is 17.6 Å². The second-order valence-corrected chi connectivity index (χ2v) is 7.96. The maximum absolute atomic E-state index is 12.5. The van der Waals surface area contributed by atoms with E-state index in [1.807, 2.05) is 18.7 Å². The molecule has 0 spiro atoms. The summed E-state index contributed by atoms with van der Waals surface area (Å²) < 4.78 is 11.5. The van der Waals surface area contributed by atoms with Crippen LogP contribution in [0.4, 0.5) is 0 Å². The van der Waals surface area contributed by atoms with Crippen LogP contribution in [0.15, 0.2) is 9.41 Å². The summed E-state index contributed by atoms with van der Waals surface area (Å²) in [5.41, 5.74) is 2.10. The number of thioether (sulfide) groups is 1. The van der Waals surface area contributed by atoms with Crippen LogP contribution in [-0.4, -0.2) is 35.5 Å². The Morgan fingerprint density at radius 1 is 1.39 bits per heavy atom. The molecule has 0 aromatic carbocycles. The molecule has 124 valence electrons. The Kier molecular flexibility index (Phi) is 3.97. The van der Waals surface area contributed by atoms with Gasteiger partial charge in [-0.15, -0.1) is 11.8 Å². The van der Waals surface area contributed by atoms with E-state index < -0.39 is 0 Å². The molecule has 1 amide bonds. The van der Waals surface area contributed by atoms with Gasteiger partial charge in [0.05, 0.1) is 17.2 Å². The van der Waals surface area contributed by atoms with Crippen molar-refractivity contribution in [1.29, 1.82) is 0 Å². The second-order valence-electron chi connectivity index (χ2n) is 6.53. The highest BCUT2D eigenvalue weighted by molar-refractivity contribution is 8.14. The van der Waals surface area contributed by atoms with Crippen LogP contribution in [0.2, 0.25) is 0 Å². The van der Waals surface area contributed by atoms with Gasteiger partial charge in [0.15, 0.2) is 5.76 Å². The third-order valence-electron chi connectivity index (χ3n) is 4.94. The molecule has 4 rings (SSSR count). The number of furan rings is 1. The van der Waals surface area contributed by atoms with Crippen molar-refractivity contribution in [3.63, 3.8) is 0 Å². The number of nitrogens with zero attached hydrogens (tertiary/aromatic N) is 1. The van der Waals surface area contributed by atoms with Crippen LogP contribution in [-0.2, 0) is 11.2 Å². The number of rotatable bonds is 3. The Balaban J connectivity index is 1.54. The van der Waals surface area contributed by atoms with Crippen LogP contribution in [0.3, 0.4) is 0 Å². The van der Waals surface area contributed by atoms with Crippen LogP contribution in [0.1, 0.15) is 59.7 Å². The molecule has 1 aromatic heterocycles. The van der Waals surface area contributed by atoms with Crippen molar-refractivity contribution in [3.8, 4) is 0 Å². The molecule has 5 nitrogen and oxygen atoms in total. The summed E-state index contributed by atoms with van der Waals surface area (Å²) in [5.74, 6) is 1.28. The minimum absolute atomic E-state index is 0.129. The van der Waals surface area contributed by atoms with E-state index >= 15 is 0 Å². The van der Waals surface area contributed by atoms with Gasteiger partial charge in [-0.05, 0) is 33.1 Å². The fraction of sp³-hybridized carbons (Fsp3) is 0.647. The Hall–Kier alpha value is -1.27. The standard InChI is InChI=1S/C17H22N2O3S/c1-9-14-12(5-6-13-15(14)19-10(2)23-13)22-16(9)17(20)18-8-11-4-3-7-21-11/h11,13,15H,3-8H2,1-2H3,(H,18,20). The zero-order valence-corrected chi connectivity index (χ0v) is 14.4. The van der Waals surface area contributed by atoms with E-state index in [1.54, 1.807) is 0 Å². The highest BCUT2D eigenvalue weighted by atomic mass is 32.2. The number of nitrogens with one attached hydrogen (secondary N) is 1. The van der Waals surface area contributed by atoms with Crippen molar-refractivity contribution in [2.24, 2.45) is 4.99 Å². The Morgan fingerprint density at radius 2 is 2.26 bits per heavy atom. The van der Waals surface area contributed by atoms with E-state index in [9.17, 15) is 4.79 Å². The first kappa shape index (κ1) is 15.3. The van der Waals surface area contributed by atoms with Crippen molar-refractivity contribution >= 4 is 22.7 Å². The lowest BCUT2D eigenvalue weighted by atomic mass is 9.90. The van der Waals surface area contributed by atoms with Gasteiger partial charge in [-0.25, -0.2) is 0 Å². The summed E-state index contributed by atoms with van der Waals surface area (Å²) >= 11 is 1.86. The molecule has 3 unspecified atom stereocenters. The van der Waals surface area contributed by atoms with Crippen molar-refractivity contribution < 1.29 is 13.9 Å². The topological polar surface area (TPSA) is 63.8 Å². The quantitative estimate of drug-likeness (QED) is 0.923. The smallest absolute Gasteiger partial charge is 0.287 e. The van der Waals surface area contributed by atoms with Gasteiger partial charge in [0.25, 0.3) is 5.91 Å². The van der Waals surface area contributed by atoms with Crippen LogP contribution in [0.5, 0.6) is 0 Å². The summed E-state index contributed by atoms with van der Waals surface area (Å²) in [6, 6.07) is 0.159. The van der Waals surface area contributed by atoms with E-state index in [2.05, 4.69) is 12.2 Å². The molecule has 1 fully saturated rings. The van der Waals surface area contributed by atoms with Gasteiger partial charge in [0.1, 0.15) is 5.76 Å². The fourth-order valence-corrected chi connectivity index (χ4v) is 4.98. The summed E-state index contributed by atoms with van der Waals surface area (Å²) in [6.07, 6.45) is 4.20. The number of ether oxygens (including phenoxy) is 1.